The average Bonchev–Trinajstić information content (AvgIpc) is 1.96. The van der Waals surface area contributed by atoms with Crippen LogP contribution < -0.4 is 0 Å². The first-order valence-electron chi connectivity index (χ1n) is 3.96. The van der Waals surface area contributed by atoms with Crippen LogP contribution in [0, 0.1) is 5.92 Å². The first-order valence-corrected chi connectivity index (χ1v) is 3.96. The van der Waals surface area contributed by atoms with E-state index in [1.54, 1.807) is 6.08 Å². The molecule has 1 rings (SSSR count). The van der Waals surface area contributed by atoms with Gasteiger partial charge in [-0.15, -0.1) is 6.58 Å². The maximum atomic E-state index is 12.6. The summed E-state index contributed by atoms with van der Waals surface area (Å²) < 4.78 is 12.6. The Kier molecular flexibility index (Phi) is 3.09. The Morgan fingerprint density at radius 3 is 3.18 bits per heavy atom. The predicted octanol–water partition coefficient (Wildman–Crippen LogP) is 3.38. The fourth-order valence-electron chi connectivity index (χ4n) is 1.16. The second kappa shape index (κ2) is 4.12. The van der Waals surface area contributed by atoms with Gasteiger partial charge in [0.1, 0.15) is 0 Å². The maximum Gasteiger partial charge on any atom is 0.0997 e. The Morgan fingerprint density at radius 1 is 1.64 bits per heavy atom. The zero-order valence-electron chi connectivity index (χ0n) is 6.59. The molecular formula is C10H13F. The van der Waals surface area contributed by atoms with Crippen molar-refractivity contribution in [2.45, 2.75) is 19.3 Å². The topological polar surface area (TPSA) is 0 Å². The van der Waals surface area contributed by atoms with Crippen LogP contribution in [0.2, 0.25) is 0 Å². The SMILES string of the molecule is C=CC1/C=C\C/C(F)=C\CC1. The normalized spacial score (nSPS) is 32.8. The minimum Gasteiger partial charge on any atom is -0.212 e. The molecule has 0 spiro atoms. The molecule has 60 valence electrons. The zero-order valence-corrected chi connectivity index (χ0v) is 6.59. The molecule has 0 aromatic carbocycles. The summed E-state index contributed by atoms with van der Waals surface area (Å²) in [4.78, 5) is 0. The van der Waals surface area contributed by atoms with Gasteiger partial charge in [-0.1, -0.05) is 24.3 Å². The molecule has 1 unspecified atom stereocenters. The summed E-state index contributed by atoms with van der Waals surface area (Å²) in [7, 11) is 0. The van der Waals surface area contributed by atoms with Gasteiger partial charge in [0.2, 0.25) is 0 Å². The summed E-state index contributed by atoms with van der Waals surface area (Å²) in [5.41, 5.74) is 0. The number of hydrogen-bond acceptors (Lipinski definition) is 0. The lowest BCUT2D eigenvalue weighted by Gasteiger charge is -2.07. The van der Waals surface area contributed by atoms with E-state index in [-0.39, 0.29) is 5.83 Å². The van der Waals surface area contributed by atoms with Crippen molar-refractivity contribution in [1.29, 1.82) is 0 Å². The monoisotopic (exact) mass is 152 g/mol. The summed E-state index contributed by atoms with van der Waals surface area (Å²) >= 11 is 0. The molecule has 0 N–H and O–H groups in total. The molecule has 0 aromatic heterocycles. The third-order valence-electron chi connectivity index (χ3n) is 1.86. The quantitative estimate of drug-likeness (QED) is 0.505. The Balaban J connectivity index is 2.54. The molecule has 0 saturated carbocycles. The van der Waals surface area contributed by atoms with Gasteiger partial charge in [-0.25, -0.2) is 4.39 Å². The van der Waals surface area contributed by atoms with Crippen LogP contribution in [-0.2, 0) is 0 Å². The average molecular weight is 152 g/mol. The van der Waals surface area contributed by atoms with E-state index in [1.165, 1.54) is 0 Å². The van der Waals surface area contributed by atoms with Crippen molar-refractivity contribution in [2.75, 3.05) is 0 Å². The Labute approximate surface area is 67.1 Å². The van der Waals surface area contributed by atoms with E-state index in [9.17, 15) is 4.39 Å². The molecule has 0 radical (unpaired) electrons. The maximum absolute atomic E-state index is 12.6. The van der Waals surface area contributed by atoms with E-state index in [2.05, 4.69) is 6.58 Å². The van der Waals surface area contributed by atoms with Gasteiger partial charge in [0.25, 0.3) is 0 Å². The van der Waals surface area contributed by atoms with Gasteiger partial charge in [-0.2, -0.15) is 0 Å². The van der Waals surface area contributed by atoms with Crippen LogP contribution in [0.1, 0.15) is 19.3 Å². The minimum atomic E-state index is -0.0104. The standard InChI is InChI=1S/C10H13F/c1-2-9-5-3-7-10(11)8-4-6-9/h2-3,5,8-9H,1,4,6-7H2/b5-3-,10-8+. The lowest BCUT2D eigenvalue weighted by Crippen LogP contribution is -1.92. The molecule has 0 aliphatic heterocycles. The van der Waals surface area contributed by atoms with Gasteiger partial charge >= 0.3 is 0 Å². The lowest BCUT2D eigenvalue weighted by molar-refractivity contribution is 0.595. The highest BCUT2D eigenvalue weighted by Gasteiger charge is 2.01. The second-order valence-electron chi connectivity index (χ2n) is 2.76. The summed E-state index contributed by atoms with van der Waals surface area (Å²) in [5, 5.41) is 0. The third kappa shape index (κ3) is 2.71. The lowest BCUT2D eigenvalue weighted by atomic mass is 10.00. The summed E-state index contributed by atoms with van der Waals surface area (Å²) in [6.07, 6.45) is 9.73. The number of rotatable bonds is 1. The van der Waals surface area contributed by atoms with Crippen molar-refractivity contribution < 1.29 is 4.39 Å². The van der Waals surface area contributed by atoms with Gasteiger partial charge in [-0.05, 0) is 18.8 Å². The summed E-state index contributed by atoms with van der Waals surface area (Å²) in [6, 6.07) is 0. The predicted molar refractivity (Wildman–Crippen MR) is 45.9 cm³/mol. The van der Waals surface area contributed by atoms with E-state index in [0.29, 0.717) is 12.3 Å². The molecule has 0 nitrogen and oxygen atoms in total. The molecular weight excluding hydrogens is 139 g/mol. The number of allylic oxidation sites excluding steroid dienone is 5. The van der Waals surface area contributed by atoms with Crippen LogP contribution in [0.25, 0.3) is 0 Å². The second-order valence-corrected chi connectivity index (χ2v) is 2.76. The van der Waals surface area contributed by atoms with E-state index in [4.69, 9.17) is 0 Å². The molecule has 0 aromatic rings. The molecule has 0 heterocycles. The molecule has 0 saturated heterocycles. The van der Waals surface area contributed by atoms with Gasteiger partial charge in [0, 0.05) is 6.42 Å². The van der Waals surface area contributed by atoms with Crippen LogP contribution in [0.15, 0.2) is 36.7 Å². The van der Waals surface area contributed by atoms with Crippen LogP contribution >= 0.6 is 0 Å². The highest BCUT2D eigenvalue weighted by Crippen LogP contribution is 2.17. The third-order valence-corrected chi connectivity index (χ3v) is 1.86. The highest BCUT2D eigenvalue weighted by molar-refractivity contribution is 5.07. The molecule has 1 atom stereocenters. The van der Waals surface area contributed by atoms with Crippen LogP contribution in [0.5, 0.6) is 0 Å². The number of hydrogen-bond donors (Lipinski definition) is 0. The number of halogens is 1. The van der Waals surface area contributed by atoms with E-state index in [0.717, 1.165) is 12.8 Å². The Bertz CT molecular complexity index is 189. The van der Waals surface area contributed by atoms with Crippen molar-refractivity contribution in [3.8, 4) is 0 Å². The zero-order chi connectivity index (χ0) is 8.10. The van der Waals surface area contributed by atoms with Crippen LogP contribution in [0.4, 0.5) is 4.39 Å². The summed E-state index contributed by atoms with van der Waals surface area (Å²) in [6.45, 7) is 3.71. The van der Waals surface area contributed by atoms with Gasteiger partial charge in [0.05, 0.1) is 5.83 Å². The minimum absolute atomic E-state index is 0.0104. The molecule has 0 bridgehead atoms. The van der Waals surface area contributed by atoms with Crippen molar-refractivity contribution >= 4 is 0 Å². The van der Waals surface area contributed by atoms with Crippen molar-refractivity contribution in [2.24, 2.45) is 5.92 Å². The van der Waals surface area contributed by atoms with Crippen molar-refractivity contribution in [3.05, 3.63) is 36.7 Å². The molecule has 0 fully saturated rings. The Hall–Kier alpha value is -0.850. The van der Waals surface area contributed by atoms with Gasteiger partial charge in [-0.3, -0.25) is 0 Å². The molecule has 1 aliphatic rings. The molecule has 1 heteroatoms. The van der Waals surface area contributed by atoms with Crippen LogP contribution in [-0.4, -0.2) is 0 Å². The molecule has 11 heavy (non-hydrogen) atoms. The first kappa shape index (κ1) is 8.25. The van der Waals surface area contributed by atoms with E-state index in [1.807, 2.05) is 18.2 Å². The largest absolute Gasteiger partial charge is 0.212 e. The van der Waals surface area contributed by atoms with Crippen molar-refractivity contribution in [3.63, 3.8) is 0 Å². The van der Waals surface area contributed by atoms with Gasteiger partial charge < -0.3 is 0 Å². The smallest absolute Gasteiger partial charge is 0.0997 e. The Morgan fingerprint density at radius 2 is 2.45 bits per heavy atom. The summed E-state index contributed by atoms with van der Waals surface area (Å²) in [5.74, 6) is 0.420. The molecule has 0 amide bonds. The fourth-order valence-corrected chi connectivity index (χ4v) is 1.16. The highest BCUT2D eigenvalue weighted by atomic mass is 19.1. The first-order chi connectivity index (χ1) is 5.33. The van der Waals surface area contributed by atoms with Crippen LogP contribution in [0.3, 0.4) is 0 Å². The van der Waals surface area contributed by atoms with E-state index >= 15 is 0 Å². The van der Waals surface area contributed by atoms with Crippen molar-refractivity contribution in [1.82, 2.24) is 0 Å². The van der Waals surface area contributed by atoms with Gasteiger partial charge in [0.15, 0.2) is 0 Å². The van der Waals surface area contributed by atoms with E-state index < -0.39 is 0 Å². The molecule has 1 aliphatic carbocycles. The fraction of sp³-hybridized carbons (Fsp3) is 0.400.